The SMILES string of the molecule is COc1cc([N+](=O)[O-])ccc1NC(=O)c1c[nH]c(=O)cc1O. The topological polar surface area (TPSA) is 135 Å². The summed E-state index contributed by atoms with van der Waals surface area (Å²) >= 11 is 0. The largest absolute Gasteiger partial charge is 0.507 e. The summed E-state index contributed by atoms with van der Waals surface area (Å²) in [4.78, 5) is 35.4. The number of nitrogens with zero attached hydrogens (tertiary/aromatic N) is 1. The van der Waals surface area contributed by atoms with E-state index in [2.05, 4.69) is 10.3 Å². The molecule has 1 amide bonds. The third-order valence-electron chi connectivity index (χ3n) is 2.79. The summed E-state index contributed by atoms with van der Waals surface area (Å²) in [7, 11) is 1.30. The minimum Gasteiger partial charge on any atom is -0.507 e. The molecule has 2 rings (SSSR count). The number of nitro groups is 1. The lowest BCUT2D eigenvalue weighted by Gasteiger charge is -2.10. The fourth-order valence-electron chi connectivity index (χ4n) is 1.73. The summed E-state index contributed by atoms with van der Waals surface area (Å²) in [6, 6.07) is 4.52. The second kappa shape index (κ2) is 5.95. The molecule has 9 heteroatoms. The van der Waals surface area contributed by atoms with E-state index in [4.69, 9.17) is 4.74 Å². The lowest BCUT2D eigenvalue weighted by Crippen LogP contribution is -2.15. The number of ether oxygens (including phenoxy) is 1. The highest BCUT2D eigenvalue weighted by atomic mass is 16.6. The van der Waals surface area contributed by atoms with Crippen molar-refractivity contribution in [2.24, 2.45) is 0 Å². The first-order chi connectivity index (χ1) is 10.4. The molecular weight excluding hydrogens is 294 g/mol. The van der Waals surface area contributed by atoms with Crippen molar-refractivity contribution in [3.8, 4) is 11.5 Å². The molecule has 114 valence electrons. The van der Waals surface area contributed by atoms with E-state index in [9.17, 15) is 24.8 Å². The first-order valence-electron chi connectivity index (χ1n) is 5.98. The standard InChI is InChI=1S/C13H11N3O6/c1-22-11-4-7(16(20)21)2-3-9(11)15-13(19)8-6-14-12(18)5-10(8)17/h2-6H,1H3,(H,15,19)(H2,14,17,18). The summed E-state index contributed by atoms with van der Waals surface area (Å²) < 4.78 is 4.98. The van der Waals surface area contributed by atoms with Crippen molar-refractivity contribution in [3.05, 3.63) is 56.5 Å². The van der Waals surface area contributed by atoms with Crippen LogP contribution in [0.2, 0.25) is 0 Å². The molecule has 0 saturated heterocycles. The third-order valence-corrected chi connectivity index (χ3v) is 2.79. The molecule has 0 radical (unpaired) electrons. The minimum atomic E-state index is -0.707. The van der Waals surface area contributed by atoms with Crippen LogP contribution in [0, 0.1) is 10.1 Å². The second-order valence-electron chi connectivity index (χ2n) is 4.19. The number of H-pyrrole nitrogens is 1. The number of anilines is 1. The number of pyridine rings is 1. The van der Waals surface area contributed by atoms with Crippen LogP contribution in [0.5, 0.6) is 11.5 Å². The number of aromatic hydroxyl groups is 1. The number of aromatic nitrogens is 1. The molecule has 0 saturated carbocycles. The van der Waals surface area contributed by atoms with Crippen LogP contribution in [0.25, 0.3) is 0 Å². The molecule has 3 N–H and O–H groups in total. The van der Waals surface area contributed by atoms with Crippen molar-refractivity contribution >= 4 is 17.3 Å². The van der Waals surface area contributed by atoms with Gasteiger partial charge in [-0.1, -0.05) is 0 Å². The monoisotopic (exact) mass is 305 g/mol. The number of nitrogens with one attached hydrogen (secondary N) is 2. The van der Waals surface area contributed by atoms with Gasteiger partial charge in [-0.3, -0.25) is 19.7 Å². The van der Waals surface area contributed by atoms with Gasteiger partial charge in [-0.15, -0.1) is 0 Å². The maximum absolute atomic E-state index is 12.1. The Balaban J connectivity index is 2.32. The zero-order chi connectivity index (χ0) is 16.3. The van der Waals surface area contributed by atoms with Crippen LogP contribution in [0.4, 0.5) is 11.4 Å². The lowest BCUT2D eigenvalue weighted by molar-refractivity contribution is -0.384. The van der Waals surface area contributed by atoms with E-state index in [-0.39, 0.29) is 22.7 Å². The Morgan fingerprint density at radius 3 is 2.73 bits per heavy atom. The molecule has 1 aromatic carbocycles. The Morgan fingerprint density at radius 1 is 1.41 bits per heavy atom. The number of methoxy groups -OCH3 is 1. The van der Waals surface area contributed by atoms with Crippen LogP contribution in [0.1, 0.15) is 10.4 Å². The lowest BCUT2D eigenvalue weighted by atomic mass is 10.2. The fourth-order valence-corrected chi connectivity index (χ4v) is 1.73. The Hall–Kier alpha value is -3.36. The Bertz CT molecular complexity index is 799. The molecular formula is C13H11N3O6. The molecule has 0 fully saturated rings. The van der Waals surface area contributed by atoms with Crippen LogP contribution < -0.4 is 15.6 Å². The summed E-state index contributed by atoms with van der Waals surface area (Å²) in [6.07, 6.45) is 1.06. The average Bonchev–Trinajstić information content (AvgIpc) is 2.47. The quantitative estimate of drug-likeness (QED) is 0.574. The number of hydrogen-bond donors (Lipinski definition) is 3. The molecule has 2 aromatic rings. The van der Waals surface area contributed by atoms with Crippen LogP contribution in [-0.4, -0.2) is 28.0 Å². The highest BCUT2D eigenvalue weighted by Crippen LogP contribution is 2.29. The molecule has 0 aliphatic carbocycles. The number of rotatable bonds is 4. The van der Waals surface area contributed by atoms with Crippen molar-refractivity contribution in [2.45, 2.75) is 0 Å². The normalized spacial score (nSPS) is 10.0. The van der Waals surface area contributed by atoms with Gasteiger partial charge in [0.15, 0.2) is 0 Å². The smallest absolute Gasteiger partial charge is 0.273 e. The van der Waals surface area contributed by atoms with Gasteiger partial charge >= 0.3 is 0 Å². The number of hydrogen-bond acceptors (Lipinski definition) is 6. The van der Waals surface area contributed by atoms with Crippen molar-refractivity contribution in [1.29, 1.82) is 0 Å². The van der Waals surface area contributed by atoms with E-state index < -0.39 is 22.1 Å². The highest BCUT2D eigenvalue weighted by Gasteiger charge is 2.16. The van der Waals surface area contributed by atoms with Crippen molar-refractivity contribution in [3.63, 3.8) is 0 Å². The fraction of sp³-hybridized carbons (Fsp3) is 0.0769. The zero-order valence-corrected chi connectivity index (χ0v) is 11.3. The van der Waals surface area contributed by atoms with Crippen molar-refractivity contribution in [2.75, 3.05) is 12.4 Å². The molecule has 9 nitrogen and oxygen atoms in total. The number of carbonyl (C=O) groups excluding carboxylic acids is 1. The van der Waals surface area contributed by atoms with Gasteiger partial charge in [-0.25, -0.2) is 0 Å². The second-order valence-corrected chi connectivity index (χ2v) is 4.19. The van der Waals surface area contributed by atoms with E-state index in [1.807, 2.05) is 0 Å². The minimum absolute atomic E-state index is 0.0893. The molecule has 0 spiro atoms. The number of non-ortho nitro benzene ring substituents is 1. The third kappa shape index (κ3) is 3.03. The van der Waals surface area contributed by atoms with E-state index in [0.717, 1.165) is 18.3 Å². The summed E-state index contributed by atoms with van der Waals surface area (Å²) in [6.45, 7) is 0. The molecule has 0 unspecified atom stereocenters. The van der Waals surface area contributed by atoms with Gasteiger partial charge in [0.1, 0.15) is 11.5 Å². The number of nitro benzene ring substituents is 1. The number of benzene rings is 1. The average molecular weight is 305 g/mol. The molecule has 1 aromatic heterocycles. The molecule has 0 aliphatic heterocycles. The predicted octanol–water partition coefficient (Wildman–Crippen LogP) is 1.25. The Morgan fingerprint density at radius 2 is 2.14 bits per heavy atom. The van der Waals surface area contributed by atoms with E-state index in [1.165, 1.54) is 19.2 Å². The van der Waals surface area contributed by atoms with E-state index in [1.54, 1.807) is 0 Å². The maximum Gasteiger partial charge on any atom is 0.273 e. The van der Waals surface area contributed by atoms with E-state index >= 15 is 0 Å². The summed E-state index contributed by atoms with van der Waals surface area (Å²) in [5.74, 6) is -1.10. The number of aromatic amines is 1. The van der Waals surface area contributed by atoms with Gasteiger partial charge in [0, 0.05) is 18.3 Å². The number of amides is 1. The van der Waals surface area contributed by atoms with Crippen LogP contribution in [0.15, 0.2) is 35.3 Å². The zero-order valence-electron chi connectivity index (χ0n) is 11.3. The van der Waals surface area contributed by atoms with Crippen molar-refractivity contribution in [1.82, 2.24) is 4.98 Å². The number of carbonyl (C=O) groups is 1. The molecule has 1 heterocycles. The van der Waals surface area contributed by atoms with Gasteiger partial charge in [0.25, 0.3) is 17.2 Å². The van der Waals surface area contributed by atoms with Crippen molar-refractivity contribution < 1.29 is 19.6 Å². The highest BCUT2D eigenvalue weighted by molar-refractivity contribution is 6.06. The van der Waals surface area contributed by atoms with Gasteiger partial charge in [-0.2, -0.15) is 0 Å². The first kappa shape index (κ1) is 15.0. The van der Waals surface area contributed by atoms with Gasteiger partial charge in [0.2, 0.25) is 0 Å². The van der Waals surface area contributed by atoms with Gasteiger partial charge in [-0.05, 0) is 6.07 Å². The first-order valence-corrected chi connectivity index (χ1v) is 5.98. The van der Waals surface area contributed by atoms with Crippen LogP contribution in [-0.2, 0) is 0 Å². The molecule has 0 atom stereocenters. The van der Waals surface area contributed by atoms with Crippen LogP contribution >= 0.6 is 0 Å². The Labute approximate surface area is 123 Å². The Kier molecular flexibility index (Phi) is 4.07. The van der Waals surface area contributed by atoms with Crippen LogP contribution in [0.3, 0.4) is 0 Å². The maximum atomic E-state index is 12.1. The van der Waals surface area contributed by atoms with Gasteiger partial charge < -0.3 is 20.1 Å². The van der Waals surface area contributed by atoms with Gasteiger partial charge in [0.05, 0.1) is 29.4 Å². The predicted molar refractivity (Wildman–Crippen MR) is 76.3 cm³/mol. The molecule has 22 heavy (non-hydrogen) atoms. The van der Waals surface area contributed by atoms with E-state index in [0.29, 0.717) is 0 Å². The molecule has 0 bridgehead atoms. The summed E-state index contributed by atoms with van der Waals surface area (Å²) in [5.41, 5.74) is -0.715. The summed E-state index contributed by atoms with van der Waals surface area (Å²) in [5, 5.41) is 22.7. The molecule has 0 aliphatic rings.